The van der Waals surface area contributed by atoms with Crippen LogP contribution in [-0.2, 0) is 4.74 Å². The molecule has 1 aliphatic rings. The molecule has 0 aromatic heterocycles. The van der Waals surface area contributed by atoms with Crippen LogP contribution in [0.15, 0.2) is 23.8 Å². The number of carbonyl (C=O) groups excluding carboxylic acids is 1. The quantitative estimate of drug-likeness (QED) is 0.814. The molecule has 0 radical (unpaired) electrons. The van der Waals surface area contributed by atoms with Crippen LogP contribution < -0.4 is 4.90 Å². The van der Waals surface area contributed by atoms with Crippen molar-refractivity contribution in [2.24, 2.45) is 0 Å². The SMILES string of the molecule is CC(C)=Cc1ccc(C#N)c(N2CCN(C(=O)OC(C)(C)C)CC2)c1. The predicted octanol–water partition coefficient (Wildman–Crippen LogP) is 4.04. The Bertz CT molecular complexity index is 699. The molecule has 1 aromatic rings. The van der Waals surface area contributed by atoms with Crippen LogP contribution >= 0.6 is 0 Å². The van der Waals surface area contributed by atoms with E-state index < -0.39 is 5.60 Å². The molecular formula is C20H27N3O2. The molecular weight excluding hydrogens is 314 g/mol. The molecule has 1 saturated heterocycles. The van der Waals surface area contributed by atoms with Gasteiger partial charge in [0.25, 0.3) is 0 Å². The van der Waals surface area contributed by atoms with Gasteiger partial charge in [-0.1, -0.05) is 17.7 Å². The summed E-state index contributed by atoms with van der Waals surface area (Å²) in [5.74, 6) is 0. The lowest BCUT2D eigenvalue weighted by Gasteiger charge is -2.37. The van der Waals surface area contributed by atoms with Crippen molar-refractivity contribution in [2.45, 2.75) is 40.2 Å². The molecule has 25 heavy (non-hydrogen) atoms. The van der Waals surface area contributed by atoms with Gasteiger partial charge in [-0.25, -0.2) is 4.79 Å². The smallest absolute Gasteiger partial charge is 0.410 e. The monoisotopic (exact) mass is 341 g/mol. The standard InChI is InChI=1S/C20H27N3O2/c1-15(2)12-16-6-7-17(14-21)18(13-16)22-8-10-23(11-9-22)19(24)25-20(3,4)5/h6-7,12-13H,8-11H2,1-5H3. The Balaban J connectivity index is 2.11. The number of carbonyl (C=O) groups is 1. The number of amides is 1. The zero-order chi connectivity index (χ0) is 18.6. The normalized spacial score (nSPS) is 14.7. The maximum absolute atomic E-state index is 12.2. The minimum atomic E-state index is -0.485. The number of nitriles is 1. The maximum Gasteiger partial charge on any atom is 0.410 e. The summed E-state index contributed by atoms with van der Waals surface area (Å²) in [5, 5.41) is 9.41. The summed E-state index contributed by atoms with van der Waals surface area (Å²) >= 11 is 0. The van der Waals surface area contributed by atoms with Crippen molar-refractivity contribution < 1.29 is 9.53 Å². The summed E-state index contributed by atoms with van der Waals surface area (Å²) < 4.78 is 5.43. The number of ether oxygens (including phenoxy) is 1. The molecule has 0 atom stereocenters. The lowest BCUT2D eigenvalue weighted by atomic mass is 10.1. The Labute approximate surface area is 150 Å². The van der Waals surface area contributed by atoms with E-state index in [2.05, 4.69) is 37.0 Å². The molecule has 0 N–H and O–H groups in total. The van der Waals surface area contributed by atoms with Gasteiger partial charge in [0, 0.05) is 26.2 Å². The Hall–Kier alpha value is -2.48. The second-order valence-corrected chi connectivity index (χ2v) is 7.56. The molecule has 0 saturated carbocycles. The van der Waals surface area contributed by atoms with E-state index in [0.717, 1.165) is 11.3 Å². The molecule has 5 heteroatoms. The highest BCUT2D eigenvalue weighted by Gasteiger charge is 2.26. The molecule has 1 aromatic carbocycles. The zero-order valence-corrected chi connectivity index (χ0v) is 15.8. The Morgan fingerprint density at radius 2 is 1.84 bits per heavy atom. The van der Waals surface area contributed by atoms with Crippen LogP contribution in [0.3, 0.4) is 0 Å². The van der Waals surface area contributed by atoms with Crippen LogP contribution in [0.25, 0.3) is 6.08 Å². The summed E-state index contributed by atoms with van der Waals surface area (Å²) in [7, 11) is 0. The Morgan fingerprint density at radius 3 is 2.36 bits per heavy atom. The summed E-state index contributed by atoms with van der Waals surface area (Å²) in [5.41, 5.74) is 3.41. The summed E-state index contributed by atoms with van der Waals surface area (Å²) in [6.45, 7) is 12.3. The minimum Gasteiger partial charge on any atom is -0.444 e. The molecule has 1 fully saturated rings. The van der Waals surface area contributed by atoms with Gasteiger partial charge in [-0.3, -0.25) is 0 Å². The van der Waals surface area contributed by atoms with Gasteiger partial charge in [0.15, 0.2) is 0 Å². The number of hydrogen-bond acceptors (Lipinski definition) is 4. The number of hydrogen-bond donors (Lipinski definition) is 0. The summed E-state index contributed by atoms with van der Waals surface area (Å²) in [6.07, 6.45) is 1.83. The van der Waals surface area contributed by atoms with Gasteiger partial charge >= 0.3 is 6.09 Å². The van der Waals surface area contributed by atoms with E-state index in [1.165, 1.54) is 5.57 Å². The first-order valence-electron chi connectivity index (χ1n) is 8.61. The lowest BCUT2D eigenvalue weighted by Crippen LogP contribution is -2.50. The second-order valence-electron chi connectivity index (χ2n) is 7.56. The van der Waals surface area contributed by atoms with Crippen molar-refractivity contribution in [3.8, 4) is 6.07 Å². The van der Waals surface area contributed by atoms with Crippen LogP contribution in [0.5, 0.6) is 0 Å². The van der Waals surface area contributed by atoms with Crippen LogP contribution in [0.4, 0.5) is 10.5 Å². The summed E-state index contributed by atoms with van der Waals surface area (Å²) in [6, 6.07) is 8.15. The Morgan fingerprint density at radius 1 is 1.20 bits per heavy atom. The maximum atomic E-state index is 12.2. The minimum absolute atomic E-state index is 0.272. The average Bonchev–Trinajstić information content (AvgIpc) is 2.53. The van der Waals surface area contributed by atoms with Crippen molar-refractivity contribution in [1.82, 2.24) is 4.90 Å². The molecule has 1 aliphatic heterocycles. The van der Waals surface area contributed by atoms with Gasteiger partial charge in [0.05, 0.1) is 11.3 Å². The van der Waals surface area contributed by atoms with E-state index in [-0.39, 0.29) is 6.09 Å². The van der Waals surface area contributed by atoms with E-state index in [0.29, 0.717) is 31.7 Å². The number of benzene rings is 1. The molecule has 5 nitrogen and oxygen atoms in total. The van der Waals surface area contributed by atoms with Crippen LogP contribution in [0, 0.1) is 11.3 Å². The van der Waals surface area contributed by atoms with Gasteiger partial charge in [-0.15, -0.1) is 0 Å². The van der Waals surface area contributed by atoms with Crippen molar-refractivity contribution in [2.75, 3.05) is 31.1 Å². The third-order valence-corrected chi connectivity index (χ3v) is 3.87. The van der Waals surface area contributed by atoms with E-state index in [4.69, 9.17) is 4.74 Å². The number of allylic oxidation sites excluding steroid dienone is 1. The van der Waals surface area contributed by atoms with Crippen LogP contribution in [0.1, 0.15) is 45.7 Å². The fourth-order valence-corrected chi connectivity index (χ4v) is 2.78. The van der Waals surface area contributed by atoms with Crippen molar-refractivity contribution >= 4 is 17.9 Å². The number of piperazine rings is 1. The third kappa shape index (κ3) is 5.25. The van der Waals surface area contributed by atoms with Gasteiger partial charge in [0.2, 0.25) is 0 Å². The second kappa shape index (κ2) is 7.60. The van der Waals surface area contributed by atoms with Gasteiger partial charge in [-0.2, -0.15) is 5.26 Å². The average molecular weight is 341 g/mol. The van der Waals surface area contributed by atoms with Crippen molar-refractivity contribution in [3.05, 3.63) is 34.9 Å². The van der Waals surface area contributed by atoms with Crippen LogP contribution in [-0.4, -0.2) is 42.8 Å². The van der Waals surface area contributed by atoms with E-state index in [1.54, 1.807) is 4.90 Å². The van der Waals surface area contributed by atoms with Gasteiger partial charge in [-0.05, 0) is 52.3 Å². The molecule has 1 amide bonds. The first-order chi connectivity index (χ1) is 11.7. The fraction of sp³-hybridized carbons (Fsp3) is 0.500. The van der Waals surface area contributed by atoms with Gasteiger partial charge < -0.3 is 14.5 Å². The van der Waals surface area contributed by atoms with E-state index in [1.807, 2.05) is 32.9 Å². The van der Waals surface area contributed by atoms with Crippen LogP contribution in [0.2, 0.25) is 0 Å². The lowest BCUT2D eigenvalue weighted by molar-refractivity contribution is 0.0240. The molecule has 0 bridgehead atoms. The molecule has 0 aliphatic carbocycles. The van der Waals surface area contributed by atoms with Crippen molar-refractivity contribution in [3.63, 3.8) is 0 Å². The largest absolute Gasteiger partial charge is 0.444 e. The van der Waals surface area contributed by atoms with Crippen molar-refractivity contribution in [1.29, 1.82) is 5.26 Å². The first kappa shape index (κ1) is 18.9. The number of rotatable bonds is 2. The Kier molecular flexibility index (Phi) is 5.73. The zero-order valence-electron chi connectivity index (χ0n) is 15.8. The van der Waals surface area contributed by atoms with E-state index in [9.17, 15) is 10.1 Å². The highest BCUT2D eigenvalue weighted by Crippen LogP contribution is 2.25. The van der Waals surface area contributed by atoms with E-state index >= 15 is 0 Å². The molecule has 1 heterocycles. The topological polar surface area (TPSA) is 56.6 Å². The molecule has 134 valence electrons. The highest BCUT2D eigenvalue weighted by atomic mass is 16.6. The number of anilines is 1. The molecule has 0 spiro atoms. The number of nitrogens with zero attached hydrogens (tertiary/aromatic N) is 3. The summed E-state index contributed by atoms with van der Waals surface area (Å²) in [4.78, 5) is 16.1. The molecule has 0 unspecified atom stereocenters. The third-order valence-electron chi connectivity index (χ3n) is 3.87. The predicted molar refractivity (Wildman–Crippen MR) is 101 cm³/mol. The van der Waals surface area contributed by atoms with Gasteiger partial charge in [0.1, 0.15) is 11.7 Å². The first-order valence-corrected chi connectivity index (χ1v) is 8.61. The highest BCUT2D eigenvalue weighted by molar-refractivity contribution is 5.70. The fourth-order valence-electron chi connectivity index (χ4n) is 2.78. The molecule has 2 rings (SSSR count).